The zero-order chi connectivity index (χ0) is 17.3. The van der Waals surface area contributed by atoms with E-state index in [-0.39, 0.29) is 11.9 Å². The molecule has 0 bridgehead atoms. The van der Waals surface area contributed by atoms with Crippen LogP contribution in [0.2, 0.25) is 0 Å². The van der Waals surface area contributed by atoms with Gasteiger partial charge in [0.1, 0.15) is 0 Å². The molecule has 4 nitrogen and oxygen atoms in total. The van der Waals surface area contributed by atoms with Gasteiger partial charge in [-0.25, -0.2) is 0 Å². The Morgan fingerprint density at radius 1 is 0.783 bits per heavy atom. The minimum absolute atomic E-state index is 0.0630. The normalized spacial score (nSPS) is 12.0. The third kappa shape index (κ3) is 15.6. The number of ether oxygens (including phenoxy) is 2. The second-order valence-corrected chi connectivity index (χ2v) is 6.36. The molecule has 0 aromatic carbocycles. The molecule has 4 heteroatoms. The van der Waals surface area contributed by atoms with Gasteiger partial charge in [0.05, 0.1) is 13.2 Å². The van der Waals surface area contributed by atoms with Crippen molar-refractivity contribution in [1.82, 2.24) is 0 Å². The molecule has 0 radical (unpaired) electrons. The molecule has 0 spiro atoms. The smallest absolute Gasteiger partial charge is 0.305 e. The molecule has 1 unspecified atom stereocenters. The number of carbonyl (C=O) groups is 2. The molecule has 0 aliphatic carbocycles. The number of hydrogen-bond donors (Lipinski definition) is 0. The van der Waals surface area contributed by atoms with E-state index in [2.05, 4.69) is 13.8 Å². The van der Waals surface area contributed by atoms with Crippen LogP contribution < -0.4 is 0 Å². The van der Waals surface area contributed by atoms with Crippen LogP contribution in [0, 0.1) is 5.92 Å². The highest BCUT2D eigenvalue weighted by molar-refractivity contribution is 5.69. The molecule has 0 saturated carbocycles. The summed E-state index contributed by atoms with van der Waals surface area (Å²) in [6, 6.07) is 0. The Balaban J connectivity index is 3.29. The lowest BCUT2D eigenvalue weighted by atomic mass is 10.1. The summed E-state index contributed by atoms with van der Waals surface area (Å²) in [7, 11) is 0. The summed E-state index contributed by atoms with van der Waals surface area (Å²) in [4.78, 5) is 22.8. The van der Waals surface area contributed by atoms with Crippen molar-refractivity contribution < 1.29 is 19.1 Å². The van der Waals surface area contributed by atoms with Gasteiger partial charge in [-0.2, -0.15) is 0 Å². The molecule has 0 aliphatic heterocycles. The summed E-state index contributed by atoms with van der Waals surface area (Å²) >= 11 is 0. The van der Waals surface area contributed by atoms with Crippen molar-refractivity contribution in [1.29, 1.82) is 0 Å². The van der Waals surface area contributed by atoms with E-state index in [4.69, 9.17) is 9.47 Å². The van der Waals surface area contributed by atoms with Crippen LogP contribution in [-0.4, -0.2) is 25.2 Å². The second kappa shape index (κ2) is 15.8. The first-order chi connectivity index (χ1) is 11.1. The molecule has 0 aliphatic rings. The Hall–Kier alpha value is -1.06. The zero-order valence-corrected chi connectivity index (χ0v) is 15.4. The van der Waals surface area contributed by atoms with E-state index in [9.17, 15) is 9.59 Å². The van der Waals surface area contributed by atoms with Gasteiger partial charge in [0, 0.05) is 12.8 Å². The minimum Gasteiger partial charge on any atom is -0.466 e. The molecule has 1 atom stereocenters. The van der Waals surface area contributed by atoms with E-state index < -0.39 is 0 Å². The van der Waals surface area contributed by atoms with E-state index in [0.29, 0.717) is 32.0 Å². The van der Waals surface area contributed by atoms with Gasteiger partial charge in [-0.15, -0.1) is 0 Å². The van der Waals surface area contributed by atoms with Crippen LogP contribution in [0.1, 0.15) is 91.4 Å². The van der Waals surface area contributed by atoms with Gasteiger partial charge in [-0.05, 0) is 31.6 Å². The summed E-state index contributed by atoms with van der Waals surface area (Å²) < 4.78 is 10.3. The van der Waals surface area contributed by atoms with Crippen molar-refractivity contribution in [2.45, 2.75) is 91.4 Å². The summed E-state index contributed by atoms with van der Waals surface area (Å²) in [5.41, 5.74) is 0. The zero-order valence-electron chi connectivity index (χ0n) is 15.4. The van der Waals surface area contributed by atoms with Gasteiger partial charge in [0.2, 0.25) is 0 Å². The fraction of sp³-hybridized carbons (Fsp3) is 0.895. The SMILES string of the molecule is CCCOC(=O)CCCCCCCCC(=O)OCCC(C)CC. The molecular weight excluding hydrogens is 292 g/mol. The second-order valence-electron chi connectivity index (χ2n) is 6.36. The largest absolute Gasteiger partial charge is 0.466 e. The molecule has 0 rings (SSSR count). The molecule has 0 heterocycles. The predicted molar refractivity (Wildman–Crippen MR) is 93.2 cm³/mol. The van der Waals surface area contributed by atoms with E-state index in [1.165, 1.54) is 0 Å². The van der Waals surface area contributed by atoms with Crippen LogP contribution in [0.5, 0.6) is 0 Å². The number of unbranched alkanes of at least 4 members (excludes halogenated alkanes) is 5. The monoisotopic (exact) mass is 328 g/mol. The quantitative estimate of drug-likeness (QED) is 0.312. The lowest BCUT2D eigenvalue weighted by Gasteiger charge is -2.08. The summed E-state index contributed by atoms with van der Waals surface area (Å²) in [6.07, 6.45) is 10.2. The fourth-order valence-electron chi connectivity index (χ4n) is 2.18. The average Bonchev–Trinajstić information content (AvgIpc) is 2.55. The summed E-state index contributed by atoms with van der Waals surface area (Å²) in [5, 5.41) is 0. The van der Waals surface area contributed by atoms with Gasteiger partial charge in [0.15, 0.2) is 0 Å². The van der Waals surface area contributed by atoms with E-state index in [1.807, 2.05) is 6.92 Å². The van der Waals surface area contributed by atoms with Crippen molar-refractivity contribution in [3.05, 3.63) is 0 Å². The van der Waals surface area contributed by atoms with Gasteiger partial charge in [-0.3, -0.25) is 9.59 Å². The molecule has 136 valence electrons. The topological polar surface area (TPSA) is 52.6 Å². The minimum atomic E-state index is -0.0769. The van der Waals surface area contributed by atoms with Gasteiger partial charge < -0.3 is 9.47 Å². The molecule has 0 N–H and O–H groups in total. The highest BCUT2D eigenvalue weighted by Gasteiger charge is 2.05. The van der Waals surface area contributed by atoms with Crippen LogP contribution in [0.25, 0.3) is 0 Å². The van der Waals surface area contributed by atoms with E-state index in [1.54, 1.807) is 0 Å². The third-order valence-corrected chi connectivity index (χ3v) is 4.05. The number of rotatable bonds is 15. The lowest BCUT2D eigenvalue weighted by molar-refractivity contribution is -0.145. The molecule has 0 aromatic heterocycles. The molecule has 0 saturated heterocycles. The lowest BCUT2D eigenvalue weighted by Crippen LogP contribution is -2.08. The Kier molecular flexibility index (Phi) is 15.1. The maximum absolute atomic E-state index is 11.5. The van der Waals surface area contributed by atoms with Crippen LogP contribution >= 0.6 is 0 Å². The number of carbonyl (C=O) groups excluding carboxylic acids is 2. The Labute approximate surface area is 142 Å². The highest BCUT2D eigenvalue weighted by Crippen LogP contribution is 2.10. The first-order valence-electron chi connectivity index (χ1n) is 9.41. The number of esters is 2. The number of hydrogen-bond acceptors (Lipinski definition) is 4. The third-order valence-electron chi connectivity index (χ3n) is 4.05. The van der Waals surface area contributed by atoms with Crippen molar-refractivity contribution in [3.8, 4) is 0 Å². The van der Waals surface area contributed by atoms with Crippen LogP contribution in [-0.2, 0) is 19.1 Å². The fourth-order valence-corrected chi connectivity index (χ4v) is 2.18. The Morgan fingerprint density at radius 3 is 1.74 bits per heavy atom. The van der Waals surface area contributed by atoms with Crippen molar-refractivity contribution in [3.63, 3.8) is 0 Å². The molecule has 0 aromatic rings. The molecular formula is C19H36O4. The van der Waals surface area contributed by atoms with Gasteiger partial charge in [0.25, 0.3) is 0 Å². The standard InChI is InChI=1S/C19H36O4/c1-4-15-22-18(20)12-10-8-6-7-9-11-13-19(21)23-16-14-17(3)5-2/h17H,4-16H2,1-3H3. The van der Waals surface area contributed by atoms with Crippen LogP contribution in [0.4, 0.5) is 0 Å². The van der Waals surface area contributed by atoms with Gasteiger partial charge >= 0.3 is 11.9 Å². The Morgan fingerprint density at radius 2 is 1.26 bits per heavy atom. The summed E-state index contributed by atoms with van der Waals surface area (Å²) in [5.74, 6) is 0.487. The van der Waals surface area contributed by atoms with E-state index >= 15 is 0 Å². The maximum Gasteiger partial charge on any atom is 0.305 e. The van der Waals surface area contributed by atoms with Crippen molar-refractivity contribution >= 4 is 11.9 Å². The van der Waals surface area contributed by atoms with Crippen molar-refractivity contribution in [2.24, 2.45) is 5.92 Å². The van der Waals surface area contributed by atoms with Crippen LogP contribution in [0.15, 0.2) is 0 Å². The first kappa shape index (κ1) is 21.9. The van der Waals surface area contributed by atoms with E-state index in [0.717, 1.165) is 57.8 Å². The van der Waals surface area contributed by atoms with Crippen molar-refractivity contribution in [2.75, 3.05) is 13.2 Å². The molecule has 23 heavy (non-hydrogen) atoms. The average molecular weight is 328 g/mol. The summed E-state index contributed by atoms with van der Waals surface area (Å²) in [6.45, 7) is 7.42. The van der Waals surface area contributed by atoms with Crippen LogP contribution in [0.3, 0.4) is 0 Å². The molecule has 0 amide bonds. The Bertz CT molecular complexity index is 302. The first-order valence-corrected chi connectivity index (χ1v) is 9.41. The van der Waals surface area contributed by atoms with Gasteiger partial charge in [-0.1, -0.05) is 52.9 Å². The maximum atomic E-state index is 11.5. The predicted octanol–water partition coefficient (Wildman–Crippen LogP) is 5.04. The molecule has 0 fully saturated rings. The highest BCUT2D eigenvalue weighted by atomic mass is 16.5.